The third-order valence-electron chi connectivity index (χ3n) is 4.60. The number of amides is 1. The Morgan fingerprint density at radius 1 is 1.24 bits per heavy atom. The number of carbonyl (C=O) groups is 1. The van der Waals surface area contributed by atoms with Gasteiger partial charge in [-0.25, -0.2) is 9.97 Å². The minimum Gasteiger partial charge on any atom is -0.490 e. The van der Waals surface area contributed by atoms with E-state index in [1.165, 1.54) is 24.6 Å². The van der Waals surface area contributed by atoms with Crippen LogP contribution in [0.3, 0.4) is 0 Å². The molecule has 0 saturated heterocycles. The molecule has 1 aliphatic carbocycles. The monoisotopic (exact) mass is 409 g/mol. The number of nitrogens with zero attached hydrogens (tertiary/aromatic N) is 4. The summed E-state index contributed by atoms with van der Waals surface area (Å²) < 4.78 is 7.82. The topological polar surface area (TPSA) is 81.9 Å². The summed E-state index contributed by atoms with van der Waals surface area (Å²) in [4.78, 5) is 21.5. The van der Waals surface area contributed by atoms with Crippen LogP contribution < -0.4 is 10.1 Å². The number of hydrogen-bond acceptors (Lipinski definition) is 6. The molecule has 3 heterocycles. The van der Waals surface area contributed by atoms with Crippen molar-refractivity contribution in [3.8, 4) is 5.75 Å². The lowest BCUT2D eigenvalue weighted by molar-refractivity contribution is -0.115. The first-order valence-electron chi connectivity index (χ1n) is 9.70. The van der Waals surface area contributed by atoms with Crippen LogP contribution in [0, 0.1) is 0 Å². The van der Waals surface area contributed by atoms with Gasteiger partial charge >= 0.3 is 0 Å². The Morgan fingerprint density at radius 2 is 2.10 bits per heavy atom. The van der Waals surface area contributed by atoms with Crippen molar-refractivity contribution in [1.82, 2.24) is 19.7 Å². The summed E-state index contributed by atoms with van der Waals surface area (Å²) in [7, 11) is 1.81. The normalized spacial score (nSPS) is 14.1. The molecule has 1 saturated carbocycles. The van der Waals surface area contributed by atoms with Crippen LogP contribution in [-0.4, -0.2) is 31.8 Å². The summed E-state index contributed by atoms with van der Waals surface area (Å²) in [5, 5.41) is 8.59. The molecule has 0 atom stereocenters. The number of ether oxygens (including phenoxy) is 1. The average Bonchev–Trinajstić information content (AvgIpc) is 3.34. The molecule has 4 rings (SSSR count). The van der Waals surface area contributed by atoms with Gasteiger partial charge in [0.05, 0.1) is 18.2 Å². The Bertz CT molecular complexity index is 970. The van der Waals surface area contributed by atoms with Gasteiger partial charge in [-0.05, 0) is 49.6 Å². The number of anilines is 1. The standard InChI is InChI=1S/C21H23N5O2S/c1-26-11-9-18(25-26)24-19(27)13-15-12-17(28-16-6-2-3-7-16)14-21(23-15)29-20-8-4-5-10-22-20/h4-5,8-12,14,16H,2-3,6-7,13H2,1H3,(H,24,25,27). The second kappa shape index (κ2) is 9.09. The molecular formula is C21H23N5O2S. The highest BCUT2D eigenvalue weighted by Crippen LogP contribution is 2.30. The van der Waals surface area contributed by atoms with E-state index in [4.69, 9.17) is 4.74 Å². The van der Waals surface area contributed by atoms with Gasteiger partial charge in [0.2, 0.25) is 5.91 Å². The summed E-state index contributed by atoms with van der Waals surface area (Å²) in [6.45, 7) is 0. The molecule has 29 heavy (non-hydrogen) atoms. The van der Waals surface area contributed by atoms with Gasteiger partial charge in [-0.1, -0.05) is 6.07 Å². The fraction of sp³-hybridized carbons (Fsp3) is 0.333. The quantitative estimate of drug-likeness (QED) is 0.638. The third kappa shape index (κ3) is 5.57. The summed E-state index contributed by atoms with van der Waals surface area (Å²) >= 11 is 1.46. The first-order chi connectivity index (χ1) is 14.1. The molecule has 0 unspecified atom stereocenters. The van der Waals surface area contributed by atoms with E-state index >= 15 is 0 Å². The summed E-state index contributed by atoms with van der Waals surface area (Å²) in [6, 6.07) is 11.3. The van der Waals surface area contributed by atoms with Gasteiger partial charge in [-0.15, -0.1) is 0 Å². The van der Waals surface area contributed by atoms with Gasteiger partial charge in [0.25, 0.3) is 0 Å². The lowest BCUT2D eigenvalue weighted by Gasteiger charge is -2.15. The molecule has 7 nitrogen and oxygen atoms in total. The Morgan fingerprint density at radius 3 is 2.83 bits per heavy atom. The Balaban J connectivity index is 1.52. The van der Waals surface area contributed by atoms with Crippen LogP contribution in [0.1, 0.15) is 31.4 Å². The minimum atomic E-state index is -0.164. The molecule has 0 radical (unpaired) electrons. The van der Waals surface area contributed by atoms with Crippen molar-refractivity contribution >= 4 is 23.5 Å². The molecular weight excluding hydrogens is 386 g/mol. The van der Waals surface area contributed by atoms with Crippen LogP contribution in [-0.2, 0) is 18.3 Å². The van der Waals surface area contributed by atoms with Crippen LogP contribution in [0.2, 0.25) is 0 Å². The van der Waals surface area contributed by atoms with Crippen molar-refractivity contribution in [2.24, 2.45) is 7.05 Å². The highest BCUT2D eigenvalue weighted by Gasteiger charge is 2.18. The summed E-state index contributed by atoms with van der Waals surface area (Å²) in [5.41, 5.74) is 0.660. The zero-order valence-corrected chi connectivity index (χ0v) is 17.1. The van der Waals surface area contributed by atoms with E-state index in [1.54, 1.807) is 23.1 Å². The van der Waals surface area contributed by atoms with Gasteiger partial charge in [0, 0.05) is 37.6 Å². The molecule has 1 N–H and O–H groups in total. The van der Waals surface area contributed by atoms with Crippen molar-refractivity contribution < 1.29 is 9.53 Å². The van der Waals surface area contributed by atoms with Crippen LogP contribution in [0.15, 0.2) is 58.8 Å². The predicted molar refractivity (Wildman–Crippen MR) is 111 cm³/mol. The number of pyridine rings is 2. The molecule has 0 aromatic carbocycles. The Hall–Kier alpha value is -2.87. The van der Waals surface area contributed by atoms with Crippen LogP contribution >= 0.6 is 11.8 Å². The van der Waals surface area contributed by atoms with Gasteiger partial charge < -0.3 is 10.1 Å². The molecule has 1 amide bonds. The first kappa shape index (κ1) is 19.4. The zero-order valence-electron chi connectivity index (χ0n) is 16.2. The lowest BCUT2D eigenvalue weighted by Crippen LogP contribution is -2.16. The van der Waals surface area contributed by atoms with Crippen molar-refractivity contribution in [1.29, 1.82) is 0 Å². The van der Waals surface area contributed by atoms with Gasteiger partial charge in [0.1, 0.15) is 15.8 Å². The maximum atomic E-state index is 12.5. The highest BCUT2D eigenvalue weighted by molar-refractivity contribution is 7.99. The smallest absolute Gasteiger partial charge is 0.231 e. The first-order valence-corrected chi connectivity index (χ1v) is 10.5. The molecule has 3 aromatic heterocycles. The van der Waals surface area contributed by atoms with E-state index in [0.29, 0.717) is 11.5 Å². The minimum absolute atomic E-state index is 0.147. The predicted octanol–water partition coefficient (Wildman–Crippen LogP) is 3.86. The van der Waals surface area contributed by atoms with E-state index in [-0.39, 0.29) is 18.4 Å². The molecule has 0 aliphatic heterocycles. The Kier molecular flexibility index (Phi) is 6.09. The van der Waals surface area contributed by atoms with E-state index in [9.17, 15) is 4.79 Å². The molecule has 1 fully saturated rings. The van der Waals surface area contributed by atoms with Crippen LogP contribution in [0.25, 0.3) is 0 Å². The van der Waals surface area contributed by atoms with Crippen molar-refractivity contribution in [2.45, 2.75) is 48.3 Å². The molecule has 3 aromatic rings. The number of rotatable bonds is 7. The van der Waals surface area contributed by atoms with E-state index < -0.39 is 0 Å². The molecule has 8 heteroatoms. The maximum absolute atomic E-state index is 12.5. The summed E-state index contributed by atoms with van der Waals surface area (Å²) in [6.07, 6.45) is 8.46. The second-order valence-corrected chi connectivity index (χ2v) is 8.07. The van der Waals surface area contributed by atoms with Crippen LogP contribution in [0.5, 0.6) is 5.75 Å². The van der Waals surface area contributed by atoms with E-state index in [2.05, 4.69) is 20.4 Å². The summed E-state index contributed by atoms with van der Waals surface area (Å²) in [5.74, 6) is 1.12. The van der Waals surface area contributed by atoms with Gasteiger partial charge in [-0.3, -0.25) is 9.48 Å². The van der Waals surface area contributed by atoms with E-state index in [0.717, 1.165) is 28.6 Å². The SMILES string of the molecule is Cn1ccc(NC(=O)Cc2cc(OC3CCCC3)cc(Sc3ccccn3)n2)n1. The fourth-order valence-corrected chi connectivity index (χ4v) is 4.10. The van der Waals surface area contributed by atoms with Crippen molar-refractivity contribution in [2.75, 3.05) is 5.32 Å². The van der Waals surface area contributed by atoms with Crippen molar-refractivity contribution in [3.05, 3.63) is 54.5 Å². The largest absolute Gasteiger partial charge is 0.490 e. The average molecular weight is 410 g/mol. The number of nitrogens with one attached hydrogen (secondary N) is 1. The molecule has 150 valence electrons. The maximum Gasteiger partial charge on any atom is 0.231 e. The fourth-order valence-electron chi connectivity index (χ4n) is 3.29. The number of carbonyl (C=O) groups excluding carboxylic acids is 1. The molecule has 0 spiro atoms. The van der Waals surface area contributed by atoms with Crippen molar-refractivity contribution in [3.63, 3.8) is 0 Å². The Labute approximate surface area is 173 Å². The lowest BCUT2D eigenvalue weighted by atomic mass is 10.2. The number of aryl methyl sites for hydroxylation is 1. The molecule has 0 bridgehead atoms. The zero-order chi connectivity index (χ0) is 20.1. The molecule has 1 aliphatic rings. The number of hydrogen-bond donors (Lipinski definition) is 1. The highest BCUT2D eigenvalue weighted by atomic mass is 32.2. The number of aromatic nitrogens is 4. The van der Waals surface area contributed by atoms with Crippen LogP contribution in [0.4, 0.5) is 5.82 Å². The third-order valence-corrected chi connectivity index (χ3v) is 5.47. The second-order valence-electron chi connectivity index (χ2n) is 7.03. The van der Waals surface area contributed by atoms with Gasteiger partial charge in [0.15, 0.2) is 5.82 Å². The van der Waals surface area contributed by atoms with Gasteiger partial charge in [-0.2, -0.15) is 5.10 Å². The van der Waals surface area contributed by atoms with E-state index in [1.807, 2.05) is 37.4 Å².